The van der Waals surface area contributed by atoms with Crippen molar-refractivity contribution in [3.63, 3.8) is 0 Å². The van der Waals surface area contributed by atoms with Gasteiger partial charge in [-0.05, 0) is 30.3 Å². The molecule has 0 atom stereocenters. The predicted octanol–water partition coefficient (Wildman–Crippen LogP) is 3.56. The molecule has 114 valence electrons. The zero-order chi connectivity index (χ0) is 16.1. The summed E-state index contributed by atoms with van der Waals surface area (Å²) in [6, 6.07) is 11.7. The number of rotatable bonds is 4. The lowest BCUT2D eigenvalue weighted by Crippen LogP contribution is -2.13. The molecule has 0 saturated heterocycles. The van der Waals surface area contributed by atoms with E-state index in [1.54, 1.807) is 42.5 Å². The molecule has 0 aliphatic carbocycles. The summed E-state index contributed by atoms with van der Waals surface area (Å²) in [7, 11) is 1.50. The van der Waals surface area contributed by atoms with E-state index in [0.717, 1.165) is 0 Å². The summed E-state index contributed by atoms with van der Waals surface area (Å²) in [4.78, 5) is 23.4. The molecule has 0 unspecified atom stereocenters. The molecule has 0 saturated carbocycles. The minimum Gasteiger partial charge on any atom is -0.495 e. The Morgan fingerprint density at radius 3 is 2.45 bits per heavy atom. The van der Waals surface area contributed by atoms with Crippen molar-refractivity contribution in [2.24, 2.45) is 0 Å². The molecule has 0 aliphatic rings. The third kappa shape index (κ3) is 3.77. The van der Waals surface area contributed by atoms with E-state index >= 15 is 0 Å². The first-order valence-electron chi connectivity index (χ1n) is 6.52. The third-order valence-electron chi connectivity index (χ3n) is 2.89. The lowest BCUT2D eigenvalue weighted by Gasteiger charge is -2.12. The average Bonchev–Trinajstić information content (AvgIpc) is 2.47. The van der Waals surface area contributed by atoms with Crippen LogP contribution in [0.2, 0.25) is 5.02 Å². The van der Waals surface area contributed by atoms with Crippen LogP contribution in [0.4, 0.5) is 11.4 Å². The van der Waals surface area contributed by atoms with Gasteiger partial charge in [0, 0.05) is 12.6 Å². The number of carbonyl (C=O) groups is 2. The van der Waals surface area contributed by atoms with Gasteiger partial charge in [-0.15, -0.1) is 0 Å². The molecule has 0 bridgehead atoms. The molecular formula is C16H15ClN2O3. The van der Waals surface area contributed by atoms with Crippen molar-refractivity contribution in [3.05, 3.63) is 53.1 Å². The molecule has 0 fully saturated rings. The maximum Gasteiger partial charge on any atom is 0.257 e. The molecule has 0 heterocycles. The Kier molecular flexibility index (Phi) is 5.01. The topological polar surface area (TPSA) is 67.4 Å². The molecule has 0 spiro atoms. The SMILES string of the molecule is COc1ccc(NC(=O)c2ccccc2Cl)cc1NC(C)=O. The minimum absolute atomic E-state index is 0.229. The number of nitrogens with one attached hydrogen (secondary N) is 2. The first-order valence-corrected chi connectivity index (χ1v) is 6.90. The number of halogens is 1. The highest BCUT2D eigenvalue weighted by atomic mass is 35.5. The van der Waals surface area contributed by atoms with Crippen LogP contribution >= 0.6 is 11.6 Å². The Morgan fingerprint density at radius 2 is 1.82 bits per heavy atom. The van der Waals surface area contributed by atoms with Crippen molar-refractivity contribution in [3.8, 4) is 5.75 Å². The van der Waals surface area contributed by atoms with Crippen molar-refractivity contribution in [1.82, 2.24) is 0 Å². The van der Waals surface area contributed by atoms with Crippen LogP contribution in [0.15, 0.2) is 42.5 Å². The van der Waals surface area contributed by atoms with Gasteiger partial charge in [0.05, 0.1) is 23.4 Å². The molecule has 2 aromatic rings. The van der Waals surface area contributed by atoms with Gasteiger partial charge in [0.15, 0.2) is 0 Å². The van der Waals surface area contributed by atoms with Gasteiger partial charge >= 0.3 is 0 Å². The molecule has 2 rings (SSSR count). The van der Waals surface area contributed by atoms with E-state index in [0.29, 0.717) is 27.7 Å². The fraction of sp³-hybridized carbons (Fsp3) is 0.125. The summed E-state index contributed by atoms with van der Waals surface area (Å²) < 4.78 is 5.16. The highest BCUT2D eigenvalue weighted by Gasteiger charge is 2.12. The Bertz CT molecular complexity index is 716. The summed E-state index contributed by atoms with van der Waals surface area (Å²) in [5, 5.41) is 5.75. The second kappa shape index (κ2) is 6.95. The Labute approximate surface area is 133 Å². The highest BCUT2D eigenvalue weighted by Crippen LogP contribution is 2.28. The molecule has 2 aromatic carbocycles. The standard InChI is InChI=1S/C16H15ClN2O3/c1-10(20)18-14-9-11(7-8-15(14)22-2)19-16(21)12-5-3-4-6-13(12)17/h3-9H,1-2H3,(H,18,20)(H,19,21). The molecule has 5 nitrogen and oxygen atoms in total. The monoisotopic (exact) mass is 318 g/mol. The van der Waals surface area contributed by atoms with Gasteiger partial charge in [-0.2, -0.15) is 0 Å². The van der Waals surface area contributed by atoms with Gasteiger partial charge in [-0.1, -0.05) is 23.7 Å². The fourth-order valence-corrected chi connectivity index (χ4v) is 2.14. The van der Waals surface area contributed by atoms with Gasteiger partial charge in [0.25, 0.3) is 5.91 Å². The van der Waals surface area contributed by atoms with E-state index in [1.165, 1.54) is 14.0 Å². The first kappa shape index (κ1) is 15.9. The van der Waals surface area contributed by atoms with Crippen LogP contribution in [0.3, 0.4) is 0 Å². The number of methoxy groups -OCH3 is 1. The van der Waals surface area contributed by atoms with E-state index in [1.807, 2.05) is 0 Å². The molecule has 6 heteroatoms. The molecule has 22 heavy (non-hydrogen) atoms. The quantitative estimate of drug-likeness (QED) is 0.905. The van der Waals surface area contributed by atoms with Crippen LogP contribution in [0.25, 0.3) is 0 Å². The minimum atomic E-state index is -0.329. The van der Waals surface area contributed by atoms with E-state index in [-0.39, 0.29) is 11.8 Å². The summed E-state index contributed by atoms with van der Waals surface area (Å²) in [6.45, 7) is 1.40. The lowest BCUT2D eigenvalue weighted by molar-refractivity contribution is -0.114. The Hall–Kier alpha value is -2.53. The lowest BCUT2D eigenvalue weighted by atomic mass is 10.2. The van der Waals surface area contributed by atoms with Crippen molar-refractivity contribution in [2.75, 3.05) is 17.7 Å². The maximum atomic E-state index is 12.2. The summed E-state index contributed by atoms with van der Waals surface area (Å²) >= 11 is 6.00. The fourth-order valence-electron chi connectivity index (χ4n) is 1.92. The predicted molar refractivity (Wildman–Crippen MR) is 86.7 cm³/mol. The van der Waals surface area contributed by atoms with E-state index in [4.69, 9.17) is 16.3 Å². The number of anilines is 2. The van der Waals surface area contributed by atoms with Crippen LogP contribution < -0.4 is 15.4 Å². The highest BCUT2D eigenvalue weighted by molar-refractivity contribution is 6.34. The third-order valence-corrected chi connectivity index (χ3v) is 3.22. The van der Waals surface area contributed by atoms with Crippen LogP contribution in [0.1, 0.15) is 17.3 Å². The second-order valence-corrected chi connectivity index (χ2v) is 4.94. The normalized spacial score (nSPS) is 9.95. The van der Waals surface area contributed by atoms with E-state index in [2.05, 4.69) is 10.6 Å². The van der Waals surface area contributed by atoms with Crippen LogP contribution in [0.5, 0.6) is 5.75 Å². The van der Waals surface area contributed by atoms with Crippen molar-refractivity contribution < 1.29 is 14.3 Å². The largest absolute Gasteiger partial charge is 0.495 e. The Balaban J connectivity index is 2.24. The number of hydrogen-bond acceptors (Lipinski definition) is 3. The summed E-state index contributed by atoms with van der Waals surface area (Å²) in [5.41, 5.74) is 1.38. The first-order chi connectivity index (χ1) is 10.5. The van der Waals surface area contributed by atoms with Gasteiger partial charge < -0.3 is 15.4 Å². The summed E-state index contributed by atoms with van der Waals surface area (Å²) in [5.74, 6) is -0.0524. The number of amides is 2. The van der Waals surface area contributed by atoms with E-state index in [9.17, 15) is 9.59 Å². The number of hydrogen-bond donors (Lipinski definition) is 2. The molecule has 0 aliphatic heterocycles. The Morgan fingerprint density at radius 1 is 1.09 bits per heavy atom. The van der Waals surface area contributed by atoms with Gasteiger partial charge in [0.2, 0.25) is 5.91 Å². The van der Waals surface area contributed by atoms with Crippen molar-refractivity contribution in [1.29, 1.82) is 0 Å². The maximum absolute atomic E-state index is 12.2. The zero-order valence-electron chi connectivity index (χ0n) is 12.1. The molecule has 2 amide bonds. The van der Waals surface area contributed by atoms with Gasteiger partial charge in [0.1, 0.15) is 5.75 Å². The second-order valence-electron chi connectivity index (χ2n) is 4.53. The number of carbonyl (C=O) groups excluding carboxylic acids is 2. The molecule has 2 N–H and O–H groups in total. The van der Waals surface area contributed by atoms with E-state index < -0.39 is 0 Å². The van der Waals surface area contributed by atoms with Gasteiger partial charge in [-0.3, -0.25) is 9.59 Å². The molecular weight excluding hydrogens is 304 g/mol. The molecule has 0 aromatic heterocycles. The number of ether oxygens (including phenoxy) is 1. The molecule has 0 radical (unpaired) electrons. The average molecular weight is 319 g/mol. The van der Waals surface area contributed by atoms with Gasteiger partial charge in [-0.25, -0.2) is 0 Å². The number of benzene rings is 2. The van der Waals surface area contributed by atoms with Crippen LogP contribution in [-0.2, 0) is 4.79 Å². The van der Waals surface area contributed by atoms with Crippen molar-refractivity contribution >= 4 is 34.8 Å². The van der Waals surface area contributed by atoms with Crippen molar-refractivity contribution in [2.45, 2.75) is 6.92 Å². The zero-order valence-corrected chi connectivity index (χ0v) is 12.9. The summed E-state index contributed by atoms with van der Waals surface area (Å²) in [6.07, 6.45) is 0. The van der Waals surface area contributed by atoms with Crippen LogP contribution in [0, 0.1) is 0 Å². The van der Waals surface area contributed by atoms with Crippen LogP contribution in [-0.4, -0.2) is 18.9 Å². The smallest absolute Gasteiger partial charge is 0.257 e.